The van der Waals surface area contributed by atoms with Crippen LogP contribution >= 0.6 is 0 Å². The Hall–Kier alpha value is -2.95. The molecule has 2 aliphatic rings. The number of hydrogen-bond acceptors (Lipinski definition) is 9. The Kier molecular flexibility index (Phi) is 14.7. The summed E-state index contributed by atoms with van der Waals surface area (Å²) in [4.78, 5) is 55.9. The lowest BCUT2D eigenvalue weighted by molar-refractivity contribution is -0.757. The van der Waals surface area contributed by atoms with Crippen molar-refractivity contribution < 1.29 is 33.8 Å². The molecule has 1 saturated carbocycles. The summed E-state index contributed by atoms with van der Waals surface area (Å²) in [5.74, 6) is -0.900. The maximum absolute atomic E-state index is 13.8. The molecule has 11 nitrogen and oxygen atoms in total. The molecule has 0 spiro atoms. The predicted octanol–water partition coefficient (Wildman–Crippen LogP) is 4.28. The Labute approximate surface area is 237 Å². The number of nitrogens with zero attached hydrogens (tertiary/aromatic N) is 2. The largest absolute Gasteiger partial charge is 0.465 e. The second-order valence-corrected chi connectivity index (χ2v) is 10.5. The van der Waals surface area contributed by atoms with Crippen LogP contribution in [0.5, 0.6) is 0 Å². The monoisotopic (exact) mass is 565 g/mol. The normalized spacial score (nSPS) is 22.4. The Bertz CT molecular complexity index is 906. The van der Waals surface area contributed by atoms with Gasteiger partial charge in [-0.2, -0.15) is 0 Å². The molecule has 0 aromatic carbocycles. The second-order valence-electron chi connectivity index (χ2n) is 10.5. The smallest absolute Gasteiger partial charge is 0.328 e. The molecule has 1 heterocycles. The number of amides is 1. The molecule has 226 valence electrons. The van der Waals surface area contributed by atoms with Crippen molar-refractivity contribution in [2.75, 3.05) is 19.8 Å². The molecule has 2 fully saturated rings. The predicted molar refractivity (Wildman–Crippen MR) is 150 cm³/mol. The van der Waals surface area contributed by atoms with Gasteiger partial charge in [-0.15, -0.1) is 10.1 Å². The topological polar surface area (TPSA) is 137 Å². The highest BCUT2D eigenvalue weighted by atomic mass is 16.9. The van der Waals surface area contributed by atoms with Crippen molar-refractivity contribution >= 4 is 17.8 Å². The van der Waals surface area contributed by atoms with Crippen LogP contribution < -0.4 is 5.32 Å². The fourth-order valence-electron chi connectivity index (χ4n) is 5.71. The van der Waals surface area contributed by atoms with Crippen molar-refractivity contribution in [3.05, 3.63) is 33.9 Å². The zero-order chi connectivity index (χ0) is 29.5. The van der Waals surface area contributed by atoms with Crippen molar-refractivity contribution in [3.8, 4) is 0 Å². The molecular weight excluding hydrogens is 518 g/mol. The highest BCUT2D eigenvalue weighted by Crippen LogP contribution is 2.40. The third-order valence-corrected chi connectivity index (χ3v) is 7.71. The van der Waals surface area contributed by atoms with Crippen LogP contribution in [-0.2, 0) is 28.7 Å². The highest BCUT2D eigenvalue weighted by molar-refractivity contribution is 5.89. The third kappa shape index (κ3) is 10.2. The lowest BCUT2D eigenvalue weighted by atomic mass is 9.84. The standard InChI is InChI=1S/C29H47N3O8/c1-5-8-13-22(6-2)14-11-16-24(28(34)38-7-3)30-21(4)27(33)31-25-17-10-9-15-23(25)20-26(31)29(35)39-18-12-19-40-32(36)37/h5,8,13,21,23-26,30H,6-7,9-12,14-20H2,1-4H3/b8-5-,22-13+. The van der Waals surface area contributed by atoms with E-state index in [1.54, 1.807) is 18.7 Å². The van der Waals surface area contributed by atoms with Crippen LogP contribution in [0.15, 0.2) is 23.8 Å². The van der Waals surface area contributed by atoms with Gasteiger partial charge >= 0.3 is 11.9 Å². The minimum absolute atomic E-state index is 0.0263. The molecule has 1 amide bonds. The molecular formula is C29H47N3O8. The zero-order valence-electron chi connectivity index (χ0n) is 24.5. The van der Waals surface area contributed by atoms with E-state index in [2.05, 4.69) is 23.2 Å². The summed E-state index contributed by atoms with van der Waals surface area (Å²) in [7, 11) is 0. The number of carbonyl (C=O) groups is 3. The summed E-state index contributed by atoms with van der Waals surface area (Å²) >= 11 is 0. The summed E-state index contributed by atoms with van der Waals surface area (Å²) < 4.78 is 10.7. The number of likely N-dealkylation sites (tertiary alicyclic amines) is 1. The van der Waals surface area contributed by atoms with Crippen LogP contribution in [0.3, 0.4) is 0 Å². The maximum atomic E-state index is 13.8. The number of nitrogens with one attached hydrogen (secondary N) is 1. The van der Waals surface area contributed by atoms with Crippen LogP contribution in [0.25, 0.3) is 0 Å². The van der Waals surface area contributed by atoms with Crippen molar-refractivity contribution in [2.45, 2.75) is 116 Å². The van der Waals surface area contributed by atoms with Crippen LogP contribution in [0.1, 0.15) is 91.9 Å². The molecule has 2 rings (SSSR count). The van der Waals surface area contributed by atoms with E-state index in [1.165, 1.54) is 5.57 Å². The molecule has 40 heavy (non-hydrogen) atoms. The maximum Gasteiger partial charge on any atom is 0.328 e. The van der Waals surface area contributed by atoms with Gasteiger partial charge < -0.3 is 19.2 Å². The number of ether oxygens (including phenoxy) is 2. The van der Waals surface area contributed by atoms with Gasteiger partial charge in [-0.1, -0.05) is 43.6 Å². The van der Waals surface area contributed by atoms with Gasteiger partial charge in [0.1, 0.15) is 12.1 Å². The van der Waals surface area contributed by atoms with Gasteiger partial charge in [0.15, 0.2) is 0 Å². The second kappa shape index (κ2) is 17.7. The van der Waals surface area contributed by atoms with Gasteiger partial charge in [0.2, 0.25) is 5.91 Å². The number of allylic oxidation sites excluding steroid dienone is 4. The van der Waals surface area contributed by atoms with Crippen LogP contribution in [0.4, 0.5) is 0 Å². The molecule has 1 N–H and O–H groups in total. The van der Waals surface area contributed by atoms with E-state index in [-0.39, 0.29) is 50.1 Å². The van der Waals surface area contributed by atoms with Crippen molar-refractivity contribution in [2.24, 2.45) is 5.92 Å². The van der Waals surface area contributed by atoms with E-state index < -0.39 is 29.2 Å². The first-order chi connectivity index (χ1) is 19.2. The van der Waals surface area contributed by atoms with E-state index in [0.29, 0.717) is 12.8 Å². The minimum atomic E-state index is -0.884. The zero-order valence-corrected chi connectivity index (χ0v) is 24.5. The first-order valence-corrected chi connectivity index (χ1v) is 14.7. The average molecular weight is 566 g/mol. The van der Waals surface area contributed by atoms with Gasteiger partial charge in [-0.3, -0.25) is 14.9 Å². The van der Waals surface area contributed by atoms with E-state index in [9.17, 15) is 24.5 Å². The molecule has 11 heteroatoms. The van der Waals surface area contributed by atoms with Crippen molar-refractivity contribution in [1.82, 2.24) is 10.2 Å². The molecule has 0 aromatic rings. The van der Waals surface area contributed by atoms with Crippen molar-refractivity contribution in [1.29, 1.82) is 0 Å². The van der Waals surface area contributed by atoms with E-state index >= 15 is 0 Å². The number of hydrogen-bond donors (Lipinski definition) is 1. The van der Waals surface area contributed by atoms with Gasteiger partial charge in [-0.05, 0) is 71.6 Å². The summed E-state index contributed by atoms with van der Waals surface area (Å²) in [6.45, 7) is 7.61. The SMILES string of the molecule is C/C=C\C=C(/CC)CCCC(NC(C)C(=O)N1C(C(=O)OCCCO[N+](=O)[O-])CC2CCCCC21)C(=O)OCC. The van der Waals surface area contributed by atoms with Gasteiger partial charge in [-0.25, -0.2) is 4.79 Å². The van der Waals surface area contributed by atoms with Gasteiger partial charge in [0.25, 0.3) is 5.09 Å². The number of carbonyl (C=O) groups excluding carboxylic acids is 3. The third-order valence-electron chi connectivity index (χ3n) is 7.71. The summed E-state index contributed by atoms with van der Waals surface area (Å²) in [5.41, 5.74) is 1.29. The number of fused-ring (bicyclic) bond motifs is 1. The minimum Gasteiger partial charge on any atom is -0.465 e. The van der Waals surface area contributed by atoms with Crippen molar-refractivity contribution in [3.63, 3.8) is 0 Å². The molecule has 5 atom stereocenters. The van der Waals surface area contributed by atoms with Crippen LogP contribution in [0.2, 0.25) is 0 Å². The molecule has 5 unspecified atom stereocenters. The molecule has 1 aliphatic carbocycles. The molecule has 1 aliphatic heterocycles. The summed E-state index contributed by atoms with van der Waals surface area (Å²) in [5, 5.41) is 12.6. The fraction of sp³-hybridized carbons (Fsp3) is 0.759. The Morgan fingerprint density at radius 1 is 1.12 bits per heavy atom. The van der Waals surface area contributed by atoms with Gasteiger partial charge in [0, 0.05) is 12.5 Å². The van der Waals surface area contributed by atoms with Gasteiger partial charge in [0.05, 0.1) is 25.9 Å². The fourth-order valence-corrected chi connectivity index (χ4v) is 5.71. The van der Waals surface area contributed by atoms with E-state index in [4.69, 9.17) is 9.47 Å². The molecule has 0 radical (unpaired) electrons. The number of rotatable bonds is 17. The van der Waals surface area contributed by atoms with Crippen LogP contribution in [-0.4, -0.2) is 71.8 Å². The van der Waals surface area contributed by atoms with Crippen LogP contribution in [0, 0.1) is 16.0 Å². The summed E-state index contributed by atoms with van der Waals surface area (Å²) in [6.07, 6.45) is 13.7. The molecule has 0 bridgehead atoms. The Morgan fingerprint density at radius 3 is 2.55 bits per heavy atom. The first kappa shape index (κ1) is 33.3. The number of esters is 2. The Morgan fingerprint density at radius 2 is 1.88 bits per heavy atom. The molecule has 1 saturated heterocycles. The highest BCUT2D eigenvalue weighted by Gasteiger charge is 2.49. The molecule has 0 aromatic heterocycles. The quantitative estimate of drug-likeness (QED) is 0.0900. The van der Waals surface area contributed by atoms with E-state index in [1.807, 2.05) is 19.1 Å². The van der Waals surface area contributed by atoms with E-state index in [0.717, 1.165) is 44.9 Å². The average Bonchev–Trinajstić information content (AvgIpc) is 3.33. The lowest BCUT2D eigenvalue weighted by Crippen LogP contribution is -2.56. The first-order valence-electron chi connectivity index (χ1n) is 14.7. The summed E-state index contributed by atoms with van der Waals surface area (Å²) in [6, 6.07) is -2.12. The lowest BCUT2D eigenvalue weighted by Gasteiger charge is -2.35. The Balaban J connectivity index is 2.08.